The molecule has 3 rings (SSSR count). The Hall–Kier alpha value is -3.55. The molecular weight excluding hydrogens is 363 g/mol. The van der Waals surface area contributed by atoms with E-state index < -0.39 is 18.0 Å². The number of amides is 1. The SMILES string of the molecule is Cc1nn(-c2ccccc2)nc1C(=O)O[C@@H](C)C(=O)NCc1ccc(F)cc1. The number of rotatable bonds is 6. The largest absolute Gasteiger partial charge is 0.448 e. The van der Waals surface area contributed by atoms with Crippen LogP contribution < -0.4 is 5.32 Å². The Morgan fingerprint density at radius 2 is 1.79 bits per heavy atom. The number of benzene rings is 2. The van der Waals surface area contributed by atoms with Crippen LogP contribution in [0.15, 0.2) is 54.6 Å². The fourth-order valence-corrected chi connectivity index (χ4v) is 2.45. The maximum Gasteiger partial charge on any atom is 0.361 e. The van der Waals surface area contributed by atoms with Gasteiger partial charge in [-0.3, -0.25) is 4.79 Å². The number of nitrogens with zero attached hydrogens (tertiary/aromatic N) is 3. The maximum absolute atomic E-state index is 12.9. The van der Waals surface area contributed by atoms with Gasteiger partial charge in [-0.1, -0.05) is 30.3 Å². The van der Waals surface area contributed by atoms with E-state index in [0.717, 1.165) is 5.56 Å². The molecule has 1 N–H and O–H groups in total. The molecule has 7 nitrogen and oxygen atoms in total. The van der Waals surface area contributed by atoms with E-state index in [0.29, 0.717) is 11.4 Å². The molecule has 1 heterocycles. The molecule has 0 saturated carbocycles. The lowest BCUT2D eigenvalue weighted by molar-refractivity contribution is -0.129. The van der Waals surface area contributed by atoms with Crippen molar-refractivity contribution in [3.63, 3.8) is 0 Å². The number of carbonyl (C=O) groups is 2. The summed E-state index contributed by atoms with van der Waals surface area (Å²) in [6, 6.07) is 14.9. The van der Waals surface area contributed by atoms with Crippen LogP contribution in [0.5, 0.6) is 0 Å². The summed E-state index contributed by atoms with van der Waals surface area (Å²) in [6.45, 7) is 3.31. The third-order valence-corrected chi connectivity index (χ3v) is 4.00. The molecule has 1 aromatic heterocycles. The molecule has 2 aromatic carbocycles. The van der Waals surface area contributed by atoms with Crippen molar-refractivity contribution in [1.82, 2.24) is 20.3 Å². The fraction of sp³-hybridized carbons (Fsp3) is 0.200. The number of para-hydroxylation sites is 1. The van der Waals surface area contributed by atoms with Crippen LogP contribution in [0.2, 0.25) is 0 Å². The van der Waals surface area contributed by atoms with Crippen LogP contribution in [0.3, 0.4) is 0 Å². The van der Waals surface area contributed by atoms with Crippen LogP contribution in [0, 0.1) is 12.7 Å². The second-order valence-electron chi connectivity index (χ2n) is 6.15. The number of aryl methyl sites for hydroxylation is 1. The van der Waals surface area contributed by atoms with Gasteiger partial charge in [0.2, 0.25) is 0 Å². The summed E-state index contributed by atoms with van der Waals surface area (Å²) in [7, 11) is 0. The van der Waals surface area contributed by atoms with Crippen molar-refractivity contribution in [2.24, 2.45) is 0 Å². The number of halogens is 1. The van der Waals surface area contributed by atoms with Crippen LogP contribution in [-0.2, 0) is 16.1 Å². The van der Waals surface area contributed by atoms with E-state index in [1.165, 1.54) is 23.9 Å². The average Bonchev–Trinajstić information content (AvgIpc) is 3.09. The zero-order chi connectivity index (χ0) is 20.1. The van der Waals surface area contributed by atoms with Gasteiger partial charge in [-0.05, 0) is 43.7 Å². The van der Waals surface area contributed by atoms with Crippen molar-refractivity contribution in [2.75, 3.05) is 0 Å². The summed E-state index contributed by atoms with van der Waals surface area (Å²) in [4.78, 5) is 25.9. The Kier molecular flexibility index (Phi) is 5.78. The average molecular weight is 382 g/mol. The van der Waals surface area contributed by atoms with Gasteiger partial charge in [0.05, 0.1) is 11.4 Å². The van der Waals surface area contributed by atoms with Crippen LogP contribution in [0.1, 0.15) is 28.7 Å². The van der Waals surface area contributed by atoms with E-state index in [-0.39, 0.29) is 18.1 Å². The minimum absolute atomic E-state index is 0.0436. The smallest absolute Gasteiger partial charge is 0.361 e. The number of nitrogens with one attached hydrogen (secondary N) is 1. The first-order valence-electron chi connectivity index (χ1n) is 8.66. The zero-order valence-electron chi connectivity index (χ0n) is 15.4. The van der Waals surface area contributed by atoms with Gasteiger partial charge in [0, 0.05) is 6.54 Å². The monoisotopic (exact) mass is 382 g/mol. The molecule has 0 aliphatic carbocycles. The first-order chi connectivity index (χ1) is 13.4. The normalized spacial score (nSPS) is 11.7. The highest BCUT2D eigenvalue weighted by molar-refractivity contribution is 5.91. The number of hydrogen-bond acceptors (Lipinski definition) is 5. The van der Waals surface area contributed by atoms with Gasteiger partial charge in [0.25, 0.3) is 5.91 Å². The lowest BCUT2D eigenvalue weighted by Gasteiger charge is -2.13. The van der Waals surface area contributed by atoms with Gasteiger partial charge in [0.15, 0.2) is 11.8 Å². The lowest BCUT2D eigenvalue weighted by Crippen LogP contribution is -2.35. The third kappa shape index (κ3) is 4.59. The first kappa shape index (κ1) is 19.2. The Morgan fingerprint density at radius 3 is 2.46 bits per heavy atom. The fourth-order valence-electron chi connectivity index (χ4n) is 2.45. The summed E-state index contributed by atoms with van der Waals surface area (Å²) in [5.74, 6) is -1.55. The Labute approximate surface area is 161 Å². The molecule has 0 aliphatic rings. The molecule has 0 radical (unpaired) electrons. The molecule has 8 heteroatoms. The lowest BCUT2D eigenvalue weighted by atomic mass is 10.2. The molecule has 1 amide bonds. The molecule has 28 heavy (non-hydrogen) atoms. The molecule has 0 saturated heterocycles. The van der Waals surface area contributed by atoms with Crippen LogP contribution in [0.4, 0.5) is 4.39 Å². The molecule has 0 spiro atoms. The number of esters is 1. The molecule has 1 atom stereocenters. The van der Waals surface area contributed by atoms with E-state index in [9.17, 15) is 14.0 Å². The number of ether oxygens (including phenoxy) is 1. The van der Waals surface area contributed by atoms with Crippen molar-refractivity contribution in [1.29, 1.82) is 0 Å². The molecule has 0 aliphatic heterocycles. The Balaban J connectivity index is 1.60. The van der Waals surface area contributed by atoms with Crippen LogP contribution in [0.25, 0.3) is 5.69 Å². The minimum atomic E-state index is -1.02. The summed E-state index contributed by atoms with van der Waals surface area (Å²) in [5.41, 5.74) is 1.87. The predicted octanol–water partition coefficient (Wildman–Crippen LogP) is 2.58. The molecule has 0 bridgehead atoms. The second-order valence-corrected chi connectivity index (χ2v) is 6.15. The molecular formula is C20H19FN4O3. The summed E-state index contributed by atoms with van der Waals surface area (Å²) < 4.78 is 18.1. The Morgan fingerprint density at radius 1 is 1.11 bits per heavy atom. The standard InChI is InChI=1S/C20H19FN4O3/c1-13-18(24-25(23-13)17-6-4-3-5-7-17)20(27)28-14(2)19(26)22-12-15-8-10-16(21)11-9-15/h3-11,14H,12H2,1-2H3,(H,22,26)/t14-/m0/s1. The zero-order valence-corrected chi connectivity index (χ0v) is 15.4. The Bertz CT molecular complexity index is 971. The minimum Gasteiger partial charge on any atom is -0.448 e. The highest BCUT2D eigenvalue weighted by atomic mass is 19.1. The van der Waals surface area contributed by atoms with E-state index in [4.69, 9.17) is 4.74 Å². The van der Waals surface area contributed by atoms with Gasteiger partial charge >= 0.3 is 5.97 Å². The highest BCUT2D eigenvalue weighted by Gasteiger charge is 2.23. The van der Waals surface area contributed by atoms with Crippen LogP contribution >= 0.6 is 0 Å². The molecule has 0 fully saturated rings. The van der Waals surface area contributed by atoms with Crippen molar-refractivity contribution in [2.45, 2.75) is 26.5 Å². The van der Waals surface area contributed by atoms with Gasteiger partial charge in [-0.2, -0.15) is 9.90 Å². The number of hydrogen-bond donors (Lipinski definition) is 1. The quantitative estimate of drug-likeness (QED) is 0.662. The summed E-state index contributed by atoms with van der Waals surface area (Å²) in [5, 5.41) is 11.0. The molecule has 0 unspecified atom stereocenters. The van der Waals surface area contributed by atoms with Gasteiger partial charge < -0.3 is 10.1 Å². The number of aromatic nitrogens is 3. The first-order valence-corrected chi connectivity index (χ1v) is 8.66. The van der Waals surface area contributed by atoms with E-state index in [2.05, 4.69) is 15.5 Å². The van der Waals surface area contributed by atoms with E-state index >= 15 is 0 Å². The number of carbonyl (C=O) groups excluding carboxylic acids is 2. The third-order valence-electron chi connectivity index (χ3n) is 4.00. The van der Waals surface area contributed by atoms with Crippen molar-refractivity contribution >= 4 is 11.9 Å². The van der Waals surface area contributed by atoms with Gasteiger partial charge in [0.1, 0.15) is 5.82 Å². The summed E-state index contributed by atoms with van der Waals surface area (Å²) >= 11 is 0. The molecule has 144 valence electrons. The topological polar surface area (TPSA) is 86.1 Å². The second kappa shape index (κ2) is 8.43. The van der Waals surface area contributed by atoms with Gasteiger partial charge in [-0.15, -0.1) is 5.10 Å². The van der Waals surface area contributed by atoms with E-state index in [1.807, 2.05) is 18.2 Å². The predicted molar refractivity (Wildman–Crippen MR) is 99.2 cm³/mol. The highest BCUT2D eigenvalue weighted by Crippen LogP contribution is 2.10. The van der Waals surface area contributed by atoms with E-state index in [1.54, 1.807) is 31.2 Å². The van der Waals surface area contributed by atoms with Crippen molar-refractivity contribution in [3.05, 3.63) is 77.4 Å². The maximum atomic E-state index is 12.9. The summed E-state index contributed by atoms with van der Waals surface area (Å²) in [6.07, 6.45) is -1.02. The molecule has 3 aromatic rings. The van der Waals surface area contributed by atoms with Crippen LogP contribution in [-0.4, -0.2) is 33.0 Å². The van der Waals surface area contributed by atoms with Crippen molar-refractivity contribution in [3.8, 4) is 5.69 Å². The van der Waals surface area contributed by atoms with Crippen molar-refractivity contribution < 1.29 is 18.7 Å². The van der Waals surface area contributed by atoms with Gasteiger partial charge in [-0.25, -0.2) is 9.18 Å².